The van der Waals surface area contributed by atoms with Crippen molar-refractivity contribution in [1.29, 1.82) is 0 Å². The normalized spacial score (nSPS) is 44.3. The molecule has 1 saturated heterocycles. The van der Waals surface area contributed by atoms with Crippen LogP contribution < -0.4 is 5.73 Å². The third-order valence-electron chi connectivity index (χ3n) is 3.62. The Kier molecular flexibility index (Phi) is 3.17. The van der Waals surface area contributed by atoms with Crippen LogP contribution in [-0.2, 0) is 4.79 Å². The van der Waals surface area contributed by atoms with Crippen molar-refractivity contribution in [2.24, 2.45) is 17.6 Å². The zero-order valence-electron chi connectivity index (χ0n) is 8.74. The van der Waals surface area contributed by atoms with Crippen LogP contribution in [-0.4, -0.2) is 22.8 Å². The van der Waals surface area contributed by atoms with Crippen LogP contribution in [0.15, 0.2) is 0 Å². The average Bonchev–Trinajstić information content (AvgIpc) is 2.29. The van der Waals surface area contributed by atoms with Crippen LogP contribution in [0.25, 0.3) is 0 Å². The van der Waals surface area contributed by atoms with E-state index in [0.29, 0.717) is 17.0 Å². The van der Waals surface area contributed by atoms with Gasteiger partial charge in [-0.05, 0) is 30.9 Å². The van der Waals surface area contributed by atoms with Crippen LogP contribution in [0.3, 0.4) is 0 Å². The summed E-state index contributed by atoms with van der Waals surface area (Å²) in [5, 5.41) is 0.569. The Balaban J connectivity index is 2.18. The van der Waals surface area contributed by atoms with Gasteiger partial charge in [0.2, 0.25) is 0 Å². The van der Waals surface area contributed by atoms with Crippen molar-refractivity contribution < 1.29 is 4.79 Å². The lowest BCUT2D eigenvalue weighted by Gasteiger charge is -2.34. The topological polar surface area (TPSA) is 43.1 Å². The minimum Gasteiger partial charge on any atom is -0.321 e. The summed E-state index contributed by atoms with van der Waals surface area (Å²) in [7, 11) is 0. The molecule has 0 aromatic carbocycles. The summed E-state index contributed by atoms with van der Waals surface area (Å²) in [5.74, 6) is 2.22. The Labute approximate surface area is 90.0 Å². The van der Waals surface area contributed by atoms with Crippen LogP contribution in [0, 0.1) is 11.8 Å². The first kappa shape index (κ1) is 10.5. The minimum atomic E-state index is -0.182. The Morgan fingerprint density at radius 3 is 2.93 bits per heavy atom. The predicted octanol–water partition coefficient (Wildman–Crippen LogP) is 1.82. The van der Waals surface area contributed by atoms with E-state index in [1.807, 2.05) is 11.8 Å². The first-order valence-corrected chi connectivity index (χ1v) is 6.66. The molecule has 80 valence electrons. The van der Waals surface area contributed by atoms with E-state index in [0.717, 1.165) is 12.2 Å². The summed E-state index contributed by atoms with van der Waals surface area (Å²) < 4.78 is 0. The first-order valence-electron chi connectivity index (χ1n) is 5.61. The summed E-state index contributed by atoms with van der Waals surface area (Å²) in [6.45, 7) is 2.22. The number of Topliss-reactive ketones (excluding diaryl/α,β-unsaturated/α-hetero) is 1. The van der Waals surface area contributed by atoms with E-state index in [-0.39, 0.29) is 12.0 Å². The van der Waals surface area contributed by atoms with Gasteiger partial charge in [-0.25, -0.2) is 0 Å². The molecule has 0 aromatic heterocycles. The van der Waals surface area contributed by atoms with Gasteiger partial charge in [0.05, 0.1) is 6.04 Å². The van der Waals surface area contributed by atoms with E-state index in [4.69, 9.17) is 5.73 Å². The highest BCUT2D eigenvalue weighted by molar-refractivity contribution is 7.99. The molecule has 1 saturated carbocycles. The van der Waals surface area contributed by atoms with Gasteiger partial charge in [0.1, 0.15) is 0 Å². The molecule has 1 aliphatic heterocycles. The van der Waals surface area contributed by atoms with Crippen molar-refractivity contribution >= 4 is 17.5 Å². The zero-order chi connectivity index (χ0) is 10.1. The maximum atomic E-state index is 12.1. The van der Waals surface area contributed by atoms with E-state index in [1.165, 1.54) is 19.3 Å². The lowest BCUT2D eigenvalue weighted by molar-refractivity contribution is -0.126. The fourth-order valence-corrected chi connectivity index (χ4v) is 4.39. The molecule has 14 heavy (non-hydrogen) atoms. The number of carbonyl (C=O) groups excluding carboxylic acids is 1. The van der Waals surface area contributed by atoms with E-state index in [1.54, 1.807) is 0 Å². The number of carbonyl (C=O) groups is 1. The molecule has 2 rings (SSSR count). The van der Waals surface area contributed by atoms with Crippen molar-refractivity contribution in [1.82, 2.24) is 0 Å². The van der Waals surface area contributed by atoms with Crippen LogP contribution in [0.1, 0.15) is 32.6 Å². The Hall–Kier alpha value is -0.0200. The number of hydrogen-bond acceptors (Lipinski definition) is 3. The number of thioether (sulfide) groups is 1. The van der Waals surface area contributed by atoms with Gasteiger partial charge in [0.25, 0.3) is 0 Å². The fraction of sp³-hybridized carbons (Fsp3) is 0.909. The van der Waals surface area contributed by atoms with Gasteiger partial charge in [0, 0.05) is 11.2 Å². The third kappa shape index (κ3) is 1.84. The highest BCUT2D eigenvalue weighted by atomic mass is 32.2. The molecule has 0 aromatic rings. The largest absolute Gasteiger partial charge is 0.321 e. The SMILES string of the molecule is CC1CCCC2SCCC(N)C(=O)C12. The van der Waals surface area contributed by atoms with Gasteiger partial charge in [-0.1, -0.05) is 13.3 Å². The molecule has 2 N–H and O–H groups in total. The quantitative estimate of drug-likeness (QED) is 0.667. The van der Waals surface area contributed by atoms with E-state index < -0.39 is 0 Å². The van der Waals surface area contributed by atoms with Crippen molar-refractivity contribution in [3.05, 3.63) is 0 Å². The van der Waals surface area contributed by atoms with Gasteiger partial charge in [0.15, 0.2) is 5.78 Å². The molecule has 1 aliphatic carbocycles. The number of hydrogen-bond donors (Lipinski definition) is 1. The zero-order valence-corrected chi connectivity index (χ0v) is 9.56. The smallest absolute Gasteiger partial charge is 0.153 e. The molecule has 0 amide bonds. The average molecular weight is 213 g/mol. The highest BCUT2D eigenvalue weighted by Crippen LogP contribution is 2.40. The molecule has 2 aliphatic rings. The van der Waals surface area contributed by atoms with Crippen LogP contribution in [0.4, 0.5) is 0 Å². The van der Waals surface area contributed by atoms with Gasteiger partial charge >= 0.3 is 0 Å². The maximum absolute atomic E-state index is 12.1. The molecule has 0 spiro atoms. The molecule has 4 atom stereocenters. The molecular formula is C11H19NOS. The minimum absolute atomic E-state index is 0.182. The standard InChI is InChI=1S/C11H19NOS/c1-7-3-2-4-9-10(7)11(13)8(12)5-6-14-9/h7-10H,2-6,12H2,1H3. The highest BCUT2D eigenvalue weighted by Gasteiger charge is 2.39. The second-order valence-corrected chi connectivity index (χ2v) is 5.99. The van der Waals surface area contributed by atoms with Gasteiger partial charge in [-0.2, -0.15) is 11.8 Å². The third-order valence-corrected chi connectivity index (χ3v) is 5.04. The van der Waals surface area contributed by atoms with Gasteiger partial charge in [-0.3, -0.25) is 4.79 Å². The lowest BCUT2D eigenvalue weighted by Crippen LogP contribution is -2.42. The Morgan fingerprint density at radius 2 is 2.14 bits per heavy atom. The molecule has 0 bridgehead atoms. The molecule has 0 radical (unpaired) electrons. The number of nitrogens with two attached hydrogens (primary N) is 1. The molecule has 2 nitrogen and oxygen atoms in total. The predicted molar refractivity (Wildman–Crippen MR) is 60.4 cm³/mol. The Bertz CT molecular complexity index is 231. The van der Waals surface area contributed by atoms with Gasteiger partial charge in [-0.15, -0.1) is 0 Å². The van der Waals surface area contributed by atoms with Crippen molar-refractivity contribution in [3.63, 3.8) is 0 Å². The molecule has 4 unspecified atom stereocenters. The van der Waals surface area contributed by atoms with E-state index >= 15 is 0 Å². The maximum Gasteiger partial charge on any atom is 0.153 e. The summed E-state index contributed by atoms with van der Waals surface area (Å²) >= 11 is 1.98. The summed E-state index contributed by atoms with van der Waals surface area (Å²) in [5.41, 5.74) is 5.88. The van der Waals surface area contributed by atoms with Crippen molar-refractivity contribution in [3.8, 4) is 0 Å². The van der Waals surface area contributed by atoms with Crippen LogP contribution >= 0.6 is 11.8 Å². The van der Waals surface area contributed by atoms with Crippen molar-refractivity contribution in [2.45, 2.75) is 43.9 Å². The monoisotopic (exact) mass is 213 g/mol. The van der Waals surface area contributed by atoms with Crippen LogP contribution in [0.5, 0.6) is 0 Å². The number of rotatable bonds is 0. The molecular weight excluding hydrogens is 194 g/mol. The summed E-state index contributed by atoms with van der Waals surface area (Å²) in [6, 6.07) is -0.182. The second-order valence-electron chi connectivity index (χ2n) is 4.64. The molecule has 2 fully saturated rings. The number of ketones is 1. The first-order chi connectivity index (χ1) is 6.70. The Morgan fingerprint density at radius 1 is 1.36 bits per heavy atom. The molecule has 3 heteroatoms. The lowest BCUT2D eigenvalue weighted by atomic mass is 9.76. The second kappa shape index (κ2) is 4.23. The number of fused-ring (bicyclic) bond motifs is 1. The summed E-state index contributed by atoms with van der Waals surface area (Å²) in [6.07, 6.45) is 4.60. The van der Waals surface area contributed by atoms with E-state index in [9.17, 15) is 4.79 Å². The summed E-state index contributed by atoms with van der Waals surface area (Å²) in [4.78, 5) is 12.1. The van der Waals surface area contributed by atoms with Crippen molar-refractivity contribution in [2.75, 3.05) is 5.75 Å². The molecule has 1 heterocycles. The van der Waals surface area contributed by atoms with Crippen LogP contribution in [0.2, 0.25) is 0 Å². The van der Waals surface area contributed by atoms with E-state index in [2.05, 4.69) is 6.92 Å². The van der Waals surface area contributed by atoms with Gasteiger partial charge < -0.3 is 5.73 Å². The fourth-order valence-electron chi connectivity index (χ4n) is 2.75.